The molecule has 0 N–H and O–H groups in total. The minimum absolute atomic E-state index is 0.0538. The maximum absolute atomic E-state index is 9.34. The molecule has 0 heterocycles. The molecule has 0 aromatic heterocycles. The van der Waals surface area contributed by atoms with Gasteiger partial charge in [-0.3, -0.25) is 0 Å². The molecule has 33 heavy (non-hydrogen) atoms. The van der Waals surface area contributed by atoms with Crippen molar-refractivity contribution >= 4 is 38.6 Å². The zero-order valence-corrected chi connectivity index (χ0v) is 17.9. The van der Waals surface area contributed by atoms with Crippen molar-refractivity contribution in [3.05, 3.63) is 139 Å². The number of anilines is 3. The van der Waals surface area contributed by atoms with E-state index in [0.29, 0.717) is 11.1 Å². The maximum Gasteiger partial charge on any atom is 0.0651 e. The van der Waals surface area contributed by atoms with Crippen molar-refractivity contribution in [1.29, 1.82) is 0 Å². The van der Waals surface area contributed by atoms with Gasteiger partial charge in [0.25, 0.3) is 0 Å². The minimum atomic E-state index is -0.199. The normalized spacial score (nSPS) is 12.7. The van der Waals surface area contributed by atoms with Gasteiger partial charge < -0.3 is 4.90 Å². The average molecular weight is 426 g/mol. The van der Waals surface area contributed by atoms with Crippen LogP contribution in [0.1, 0.15) is 5.48 Å². The first kappa shape index (κ1) is 15.4. The van der Waals surface area contributed by atoms with Crippen LogP contribution in [-0.2, 0) is 0 Å². The molecule has 0 saturated heterocycles. The summed E-state index contributed by atoms with van der Waals surface area (Å²) in [6.45, 7) is 0. The van der Waals surface area contributed by atoms with Crippen LogP contribution in [-0.4, -0.2) is 0 Å². The van der Waals surface area contributed by atoms with E-state index in [0.717, 1.165) is 32.9 Å². The van der Waals surface area contributed by atoms with Gasteiger partial charge in [0.2, 0.25) is 0 Å². The number of fused-ring (bicyclic) bond motifs is 2. The Hall–Kier alpha value is -4.36. The number of nitrogens with zero attached hydrogens (tertiary/aromatic N) is 1. The summed E-state index contributed by atoms with van der Waals surface area (Å²) >= 11 is 0. The molecule has 0 fully saturated rings. The van der Waals surface area contributed by atoms with Gasteiger partial charge in [0.1, 0.15) is 0 Å². The summed E-state index contributed by atoms with van der Waals surface area (Å²) in [6, 6.07) is 37.0. The molecule has 0 saturated carbocycles. The summed E-state index contributed by atoms with van der Waals surface area (Å²) < 4.78 is 35.8. The highest BCUT2D eigenvalue weighted by Crippen LogP contribution is 2.40. The van der Waals surface area contributed by atoms with E-state index in [1.165, 1.54) is 0 Å². The lowest BCUT2D eigenvalue weighted by molar-refractivity contribution is 1.30. The van der Waals surface area contributed by atoms with Crippen LogP contribution < -0.4 is 4.90 Å². The van der Waals surface area contributed by atoms with Crippen molar-refractivity contribution in [1.82, 2.24) is 0 Å². The van der Waals surface area contributed by atoms with Gasteiger partial charge >= 0.3 is 0 Å². The molecule has 0 aliphatic rings. The molecule has 0 aliphatic heterocycles. The van der Waals surface area contributed by atoms with Crippen LogP contribution in [0.4, 0.5) is 17.1 Å². The lowest BCUT2D eigenvalue weighted by Crippen LogP contribution is -2.10. The van der Waals surface area contributed by atoms with E-state index in [1.807, 2.05) is 120 Å². The second-order valence-corrected chi connectivity index (χ2v) is 7.95. The fraction of sp³-hybridized carbons (Fsp3) is 0. The number of hydrogen-bond acceptors (Lipinski definition) is 1. The third-order valence-electron chi connectivity index (χ3n) is 5.90. The molecule has 6 aromatic carbocycles. The largest absolute Gasteiger partial charge is 0.310 e. The lowest BCUT2D eigenvalue weighted by atomic mass is 10.00. The Balaban J connectivity index is 1.68. The molecule has 6 aromatic rings. The molecular formula is C32H23N. The Kier molecular flexibility index (Phi) is 3.88. The second kappa shape index (κ2) is 8.29. The van der Waals surface area contributed by atoms with Crippen LogP contribution in [0, 0.1) is 0 Å². The molecule has 0 radical (unpaired) electrons. The molecular weight excluding hydrogens is 398 g/mol. The molecule has 0 spiro atoms. The zero-order chi connectivity index (χ0) is 25.5. The fourth-order valence-electron chi connectivity index (χ4n) is 4.30. The van der Waals surface area contributed by atoms with Gasteiger partial charge in [-0.05, 0) is 63.6 Å². The van der Waals surface area contributed by atoms with E-state index in [4.69, 9.17) is 4.11 Å². The Labute approximate surface area is 199 Å². The SMILES string of the molecule is [2H]c1c([2H])c(-c2ccc3ccccc3c2)c([2H])c(N(c2ccccc2)c2cccc3ccccc23)c1[2H]. The Morgan fingerprint density at radius 3 is 2.12 bits per heavy atom. The van der Waals surface area contributed by atoms with Gasteiger partial charge in [-0.2, -0.15) is 0 Å². The van der Waals surface area contributed by atoms with Crippen LogP contribution >= 0.6 is 0 Å². The molecule has 0 amide bonds. The second-order valence-electron chi connectivity index (χ2n) is 7.95. The van der Waals surface area contributed by atoms with E-state index < -0.39 is 0 Å². The topological polar surface area (TPSA) is 3.24 Å². The molecule has 0 unspecified atom stereocenters. The van der Waals surface area contributed by atoms with Crippen molar-refractivity contribution in [3.63, 3.8) is 0 Å². The van der Waals surface area contributed by atoms with Gasteiger partial charge in [0.05, 0.1) is 11.2 Å². The van der Waals surface area contributed by atoms with Gasteiger partial charge in [-0.25, -0.2) is 0 Å². The van der Waals surface area contributed by atoms with Crippen LogP contribution in [0.3, 0.4) is 0 Å². The summed E-state index contributed by atoms with van der Waals surface area (Å²) in [7, 11) is 0. The monoisotopic (exact) mass is 425 g/mol. The van der Waals surface area contributed by atoms with Gasteiger partial charge in [-0.1, -0.05) is 103 Å². The predicted octanol–water partition coefficient (Wildman–Crippen LogP) is 9.13. The van der Waals surface area contributed by atoms with Crippen molar-refractivity contribution < 1.29 is 5.48 Å². The number of hydrogen-bond donors (Lipinski definition) is 0. The first-order valence-electron chi connectivity index (χ1n) is 13.0. The average Bonchev–Trinajstić information content (AvgIpc) is 2.94. The number of rotatable bonds is 4. The molecule has 0 atom stereocenters. The summed E-state index contributed by atoms with van der Waals surface area (Å²) in [5.74, 6) is 0. The highest BCUT2D eigenvalue weighted by molar-refractivity contribution is 5.99. The first-order valence-corrected chi connectivity index (χ1v) is 11.0. The standard InChI is InChI=1S/C32H23N/c1-2-15-29(16-3-1)33(32-19-9-13-25-11-6-7-18-31(25)32)30-17-8-14-27(23-30)28-21-20-24-10-4-5-12-26(24)22-28/h1-23H/i8D,14D,17D,23D. The van der Waals surface area contributed by atoms with E-state index >= 15 is 0 Å². The summed E-state index contributed by atoms with van der Waals surface area (Å²) in [6.07, 6.45) is 0. The number of benzene rings is 6. The molecule has 0 bridgehead atoms. The summed E-state index contributed by atoms with van der Waals surface area (Å²) in [5.41, 5.74) is 2.92. The van der Waals surface area contributed by atoms with Gasteiger partial charge in [-0.15, -0.1) is 0 Å². The van der Waals surface area contributed by atoms with Crippen LogP contribution in [0.2, 0.25) is 0 Å². The molecule has 156 valence electrons. The van der Waals surface area contributed by atoms with E-state index in [9.17, 15) is 1.37 Å². The Morgan fingerprint density at radius 1 is 0.515 bits per heavy atom. The third-order valence-corrected chi connectivity index (χ3v) is 5.90. The maximum atomic E-state index is 9.34. The van der Waals surface area contributed by atoms with Gasteiger partial charge in [0, 0.05) is 16.8 Å². The fourth-order valence-corrected chi connectivity index (χ4v) is 4.30. The zero-order valence-electron chi connectivity index (χ0n) is 21.9. The van der Waals surface area contributed by atoms with Crippen LogP contribution in [0.15, 0.2) is 139 Å². The Morgan fingerprint density at radius 2 is 1.24 bits per heavy atom. The smallest absolute Gasteiger partial charge is 0.0651 e. The third kappa shape index (κ3) is 3.64. The van der Waals surface area contributed by atoms with E-state index in [-0.39, 0.29) is 29.9 Å². The quantitative estimate of drug-likeness (QED) is 0.272. The lowest BCUT2D eigenvalue weighted by Gasteiger charge is -2.27. The van der Waals surface area contributed by atoms with Crippen molar-refractivity contribution in [2.75, 3.05) is 4.90 Å². The van der Waals surface area contributed by atoms with Crippen molar-refractivity contribution in [2.45, 2.75) is 0 Å². The predicted molar refractivity (Wildman–Crippen MR) is 142 cm³/mol. The molecule has 0 aliphatic carbocycles. The molecule has 6 rings (SSSR count). The summed E-state index contributed by atoms with van der Waals surface area (Å²) in [5, 5.41) is 4.07. The highest BCUT2D eigenvalue weighted by Gasteiger charge is 2.15. The summed E-state index contributed by atoms with van der Waals surface area (Å²) in [4.78, 5) is 1.88. The minimum Gasteiger partial charge on any atom is -0.310 e. The highest BCUT2D eigenvalue weighted by atomic mass is 15.1. The number of para-hydroxylation sites is 1. The van der Waals surface area contributed by atoms with Crippen molar-refractivity contribution in [3.8, 4) is 11.1 Å². The van der Waals surface area contributed by atoms with Crippen LogP contribution in [0.5, 0.6) is 0 Å². The van der Waals surface area contributed by atoms with E-state index in [2.05, 4.69) is 0 Å². The van der Waals surface area contributed by atoms with Crippen molar-refractivity contribution in [2.24, 2.45) is 0 Å². The Bertz CT molecular complexity index is 1770. The first-order chi connectivity index (χ1) is 18.0. The van der Waals surface area contributed by atoms with Crippen LogP contribution in [0.25, 0.3) is 32.7 Å². The van der Waals surface area contributed by atoms with E-state index in [1.54, 1.807) is 0 Å². The van der Waals surface area contributed by atoms with Gasteiger partial charge in [0.15, 0.2) is 0 Å². The molecule has 1 heteroatoms. The molecule has 1 nitrogen and oxygen atoms in total.